The molecule has 1 aromatic heterocycles. The Balaban J connectivity index is 1.78. The van der Waals surface area contributed by atoms with Gasteiger partial charge in [-0.2, -0.15) is 0 Å². The fraction of sp³-hybridized carbons (Fsp3) is 0. The lowest BCUT2D eigenvalue weighted by molar-refractivity contribution is 0.102. The number of hydrogen-bond donors (Lipinski definition) is 2. The van der Waals surface area contributed by atoms with E-state index in [4.69, 9.17) is 0 Å². The van der Waals surface area contributed by atoms with Gasteiger partial charge < -0.3 is 5.32 Å². The molecule has 0 unspecified atom stereocenters. The quantitative estimate of drug-likeness (QED) is 0.728. The van der Waals surface area contributed by atoms with Gasteiger partial charge in [0.05, 0.1) is 0 Å². The van der Waals surface area contributed by atoms with Gasteiger partial charge in [0, 0.05) is 16.9 Å². The van der Waals surface area contributed by atoms with E-state index in [2.05, 4.69) is 10.0 Å². The average molecular weight is 358 g/mol. The summed E-state index contributed by atoms with van der Waals surface area (Å²) in [7, 11) is -3.63. The van der Waals surface area contributed by atoms with E-state index in [1.54, 1.807) is 41.8 Å². The molecule has 1 heterocycles. The summed E-state index contributed by atoms with van der Waals surface area (Å²) < 4.78 is 27.2. The highest BCUT2D eigenvalue weighted by atomic mass is 32.2. The van der Waals surface area contributed by atoms with Crippen LogP contribution in [-0.4, -0.2) is 14.3 Å². The summed E-state index contributed by atoms with van der Waals surface area (Å²) in [6, 6.07) is 18.6. The molecule has 0 aliphatic carbocycles. The molecule has 2 N–H and O–H groups in total. The molecule has 3 rings (SSSR count). The maximum atomic E-state index is 12.3. The van der Waals surface area contributed by atoms with Gasteiger partial charge in [0.25, 0.3) is 15.9 Å². The zero-order chi connectivity index (χ0) is 17.0. The second kappa shape index (κ2) is 6.86. The van der Waals surface area contributed by atoms with Crippen molar-refractivity contribution in [1.82, 2.24) is 0 Å². The van der Waals surface area contributed by atoms with Gasteiger partial charge in [-0.05, 0) is 41.8 Å². The van der Waals surface area contributed by atoms with Crippen molar-refractivity contribution in [3.8, 4) is 0 Å². The van der Waals surface area contributed by atoms with E-state index in [1.165, 1.54) is 12.1 Å². The Kier molecular flexibility index (Phi) is 4.64. The summed E-state index contributed by atoms with van der Waals surface area (Å²) in [5, 5.41) is 4.45. The molecule has 0 saturated carbocycles. The number of anilines is 2. The second-order valence-corrected chi connectivity index (χ2v) is 7.80. The first-order valence-electron chi connectivity index (χ1n) is 7.07. The Morgan fingerprint density at radius 3 is 2.33 bits per heavy atom. The average Bonchev–Trinajstić information content (AvgIpc) is 3.11. The van der Waals surface area contributed by atoms with Crippen molar-refractivity contribution in [3.05, 3.63) is 77.7 Å². The van der Waals surface area contributed by atoms with Crippen molar-refractivity contribution in [2.75, 3.05) is 10.0 Å². The van der Waals surface area contributed by atoms with Crippen LogP contribution in [0.3, 0.4) is 0 Å². The molecule has 0 spiro atoms. The number of thiophene rings is 1. The predicted octanol–water partition coefficient (Wildman–Crippen LogP) is 3.80. The molecule has 0 atom stereocenters. The number of carbonyl (C=O) groups is 1. The first-order valence-corrected chi connectivity index (χ1v) is 9.44. The van der Waals surface area contributed by atoms with E-state index in [-0.39, 0.29) is 10.1 Å². The van der Waals surface area contributed by atoms with Crippen molar-refractivity contribution in [2.24, 2.45) is 0 Å². The van der Waals surface area contributed by atoms with Crippen LogP contribution < -0.4 is 10.0 Å². The third-order valence-corrected chi connectivity index (χ3v) is 5.95. The normalized spacial score (nSPS) is 11.0. The lowest BCUT2D eigenvalue weighted by atomic mass is 10.2. The Hall–Kier alpha value is -2.64. The van der Waals surface area contributed by atoms with Crippen LogP contribution in [0.4, 0.5) is 11.4 Å². The summed E-state index contributed by atoms with van der Waals surface area (Å²) in [4.78, 5) is 12.3. The third-order valence-electron chi connectivity index (χ3n) is 3.17. The number of sulfonamides is 1. The topological polar surface area (TPSA) is 75.3 Å². The van der Waals surface area contributed by atoms with Gasteiger partial charge in [-0.1, -0.05) is 30.3 Å². The molecule has 0 fully saturated rings. The molecule has 3 aromatic rings. The molecule has 2 aromatic carbocycles. The van der Waals surface area contributed by atoms with E-state index in [9.17, 15) is 13.2 Å². The Morgan fingerprint density at radius 1 is 0.875 bits per heavy atom. The molecule has 5 nitrogen and oxygen atoms in total. The van der Waals surface area contributed by atoms with Gasteiger partial charge in [-0.15, -0.1) is 11.3 Å². The number of rotatable bonds is 5. The number of para-hydroxylation sites is 1. The smallest absolute Gasteiger partial charge is 0.271 e. The van der Waals surface area contributed by atoms with E-state index < -0.39 is 10.0 Å². The van der Waals surface area contributed by atoms with Crippen LogP contribution in [-0.2, 0) is 10.0 Å². The maximum absolute atomic E-state index is 12.3. The number of nitrogens with one attached hydrogen (secondary N) is 2. The molecule has 0 aliphatic rings. The summed E-state index contributed by atoms with van der Waals surface area (Å²) >= 11 is 1.13. The molecule has 7 heteroatoms. The summed E-state index contributed by atoms with van der Waals surface area (Å²) in [6.45, 7) is 0. The highest BCUT2D eigenvalue weighted by Gasteiger charge is 2.16. The van der Waals surface area contributed by atoms with Gasteiger partial charge in [0.2, 0.25) is 0 Å². The zero-order valence-electron chi connectivity index (χ0n) is 12.5. The van der Waals surface area contributed by atoms with E-state index in [0.717, 1.165) is 11.3 Å². The molecular weight excluding hydrogens is 344 g/mol. The highest BCUT2D eigenvalue weighted by Crippen LogP contribution is 2.21. The highest BCUT2D eigenvalue weighted by molar-refractivity contribution is 7.94. The van der Waals surface area contributed by atoms with Crippen molar-refractivity contribution < 1.29 is 13.2 Å². The lowest BCUT2D eigenvalue weighted by Crippen LogP contribution is -2.14. The Bertz CT molecular complexity index is 937. The van der Waals surface area contributed by atoms with Crippen LogP contribution >= 0.6 is 11.3 Å². The number of hydrogen-bond acceptors (Lipinski definition) is 4. The minimum atomic E-state index is -3.63. The van der Waals surface area contributed by atoms with E-state index in [0.29, 0.717) is 16.9 Å². The maximum Gasteiger partial charge on any atom is 0.271 e. The molecule has 122 valence electrons. The Labute approximate surface area is 144 Å². The molecule has 1 amide bonds. The van der Waals surface area contributed by atoms with Gasteiger partial charge in [-0.25, -0.2) is 8.42 Å². The van der Waals surface area contributed by atoms with Gasteiger partial charge >= 0.3 is 0 Å². The molecule has 0 bridgehead atoms. The van der Waals surface area contributed by atoms with Crippen LogP contribution in [0.1, 0.15) is 10.4 Å². The molecular formula is C17H14N2O3S2. The van der Waals surface area contributed by atoms with Gasteiger partial charge in [0.1, 0.15) is 4.21 Å². The molecule has 24 heavy (non-hydrogen) atoms. The lowest BCUT2D eigenvalue weighted by Gasteiger charge is -2.09. The minimum Gasteiger partial charge on any atom is -0.322 e. The number of benzene rings is 2. The largest absolute Gasteiger partial charge is 0.322 e. The monoisotopic (exact) mass is 358 g/mol. The van der Waals surface area contributed by atoms with Gasteiger partial charge in [-0.3, -0.25) is 9.52 Å². The zero-order valence-corrected chi connectivity index (χ0v) is 14.1. The first kappa shape index (κ1) is 16.2. The Morgan fingerprint density at radius 2 is 1.62 bits per heavy atom. The van der Waals surface area contributed by atoms with Crippen LogP contribution in [0.2, 0.25) is 0 Å². The standard InChI is InChI=1S/C17H14N2O3S2/c20-17(18-14-7-2-1-3-8-14)13-6-4-9-15(12-13)19-24(21,22)16-10-5-11-23-16/h1-12,19H,(H,18,20). The fourth-order valence-corrected chi connectivity index (χ4v) is 4.11. The summed E-state index contributed by atoms with van der Waals surface area (Å²) in [5.74, 6) is -0.307. The minimum absolute atomic E-state index is 0.224. The van der Waals surface area contributed by atoms with Crippen molar-refractivity contribution in [3.63, 3.8) is 0 Å². The number of carbonyl (C=O) groups excluding carboxylic acids is 1. The third kappa shape index (κ3) is 3.81. The van der Waals surface area contributed by atoms with E-state index >= 15 is 0 Å². The summed E-state index contributed by atoms with van der Waals surface area (Å²) in [6.07, 6.45) is 0. The first-order chi connectivity index (χ1) is 11.5. The van der Waals surface area contributed by atoms with Gasteiger partial charge in [0.15, 0.2) is 0 Å². The molecule has 0 aliphatic heterocycles. The van der Waals surface area contributed by atoms with Crippen LogP contribution in [0.5, 0.6) is 0 Å². The van der Waals surface area contributed by atoms with Crippen LogP contribution in [0, 0.1) is 0 Å². The van der Waals surface area contributed by atoms with E-state index in [1.807, 2.05) is 18.2 Å². The molecule has 0 saturated heterocycles. The fourth-order valence-electron chi connectivity index (χ4n) is 2.07. The predicted molar refractivity (Wildman–Crippen MR) is 96.0 cm³/mol. The number of amides is 1. The molecule has 0 radical (unpaired) electrons. The van der Waals surface area contributed by atoms with Crippen molar-refractivity contribution >= 4 is 38.6 Å². The summed E-state index contributed by atoms with van der Waals surface area (Å²) in [5.41, 5.74) is 1.38. The van der Waals surface area contributed by atoms with Crippen molar-refractivity contribution in [1.29, 1.82) is 0 Å². The SMILES string of the molecule is O=C(Nc1ccccc1)c1cccc(NS(=O)(=O)c2cccs2)c1. The van der Waals surface area contributed by atoms with Crippen LogP contribution in [0.25, 0.3) is 0 Å². The van der Waals surface area contributed by atoms with Crippen LogP contribution in [0.15, 0.2) is 76.3 Å². The van der Waals surface area contributed by atoms with Crippen molar-refractivity contribution in [2.45, 2.75) is 4.21 Å². The second-order valence-electron chi connectivity index (χ2n) is 4.94.